The molecule has 1 saturated heterocycles. The average molecular weight is 294 g/mol. The van der Waals surface area contributed by atoms with E-state index < -0.39 is 0 Å². The van der Waals surface area contributed by atoms with E-state index in [1.54, 1.807) is 0 Å². The standard InChI is InChI=1S/C17H18N4O/c1-12-14-9-17(18-10-15(14)20-19-12)21-7-8-22-16(11-21)13-5-3-2-4-6-13/h2-6,9-10,16H,7-8,11H2,1H3,(H,19,20)/t16-/m1/s1. The Morgan fingerprint density at radius 3 is 3.00 bits per heavy atom. The van der Waals surface area contributed by atoms with Crippen LogP contribution in [0.25, 0.3) is 10.9 Å². The summed E-state index contributed by atoms with van der Waals surface area (Å²) in [6.07, 6.45) is 1.95. The first kappa shape index (κ1) is 13.3. The van der Waals surface area contributed by atoms with E-state index in [1.165, 1.54) is 5.56 Å². The van der Waals surface area contributed by atoms with Crippen molar-refractivity contribution in [2.45, 2.75) is 13.0 Å². The summed E-state index contributed by atoms with van der Waals surface area (Å²) >= 11 is 0. The molecule has 1 aliphatic rings. The Hall–Kier alpha value is -2.40. The summed E-state index contributed by atoms with van der Waals surface area (Å²) in [4.78, 5) is 6.86. The summed E-state index contributed by atoms with van der Waals surface area (Å²) in [7, 11) is 0. The van der Waals surface area contributed by atoms with Crippen LogP contribution in [0.1, 0.15) is 17.4 Å². The topological polar surface area (TPSA) is 54.0 Å². The Bertz CT molecular complexity index is 784. The number of aromatic amines is 1. The lowest BCUT2D eigenvalue weighted by molar-refractivity contribution is 0.0395. The molecule has 5 heteroatoms. The zero-order chi connectivity index (χ0) is 14.9. The molecule has 3 aromatic rings. The summed E-state index contributed by atoms with van der Waals surface area (Å²) in [6.45, 7) is 4.40. The highest BCUT2D eigenvalue weighted by atomic mass is 16.5. The van der Waals surface area contributed by atoms with Crippen molar-refractivity contribution in [3.8, 4) is 0 Å². The van der Waals surface area contributed by atoms with Gasteiger partial charge >= 0.3 is 0 Å². The van der Waals surface area contributed by atoms with Crippen LogP contribution in [0, 0.1) is 6.92 Å². The van der Waals surface area contributed by atoms with Crippen molar-refractivity contribution in [3.63, 3.8) is 0 Å². The Kier molecular flexibility index (Phi) is 3.27. The number of H-pyrrole nitrogens is 1. The first-order chi connectivity index (χ1) is 10.8. The predicted octanol–water partition coefficient (Wildman–Crippen LogP) is 2.84. The number of aryl methyl sites for hydroxylation is 1. The smallest absolute Gasteiger partial charge is 0.129 e. The number of fused-ring (bicyclic) bond motifs is 1. The molecule has 22 heavy (non-hydrogen) atoms. The average Bonchev–Trinajstić information content (AvgIpc) is 2.96. The van der Waals surface area contributed by atoms with Crippen molar-refractivity contribution < 1.29 is 4.74 Å². The summed E-state index contributed by atoms with van der Waals surface area (Å²) in [5.41, 5.74) is 3.20. The molecule has 1 atom stereocenters. The minimum Gasteiger partial charge on any atom is -0.370 e. The lowest BCUT2D eigenvalue weighted by Gasteiger charge is -2.34. The second-order valence-corrected chi connectivity index (χ2v) is 5.61. The molecule has 1 N–H and O–H groups in total. The SMILES string of the molecule is Cc1n[nH]c2cnc(N3CCO[C@@H](c4ccccc4)C3)cc12. The number of morpholine rings is 1. The van der Waals surface area contributed by atoms with Crippen LogP contribution in [0.4, 0.5) is 5.82 Å². The van der Waals surface area contributed by atoms with Gasteiger partial charge in [0, 0.05) is 18.5 Å². The van der Waals surface area contributed by atoms with Gasteiger partial charge in [-0.3, -0.25) is 5.10 Å². The van der Waals surface area contributed by atoms with Crippen LogP contribution in [0.5, 0.6) is 0 Å². The van der Waals surface area contributed by atoms with Crippen molar-refractivity contribution in [2.75, 3.05) is 24.6 Å². The van der Waals surface area contributed by atoms with Crippen LogP contribution in [-0.4, -0.2) is 34.9 Å². The fraction of sp³-hybridized carbons (Fsp3) is 0.294. The highest BCUT2D eigenvalue weighted by Crippen LogP contribution is 2.27. The number of hydrogen-bond acceptors (Lipinski definition) is 4. The van der Waals surface area contributed by atoms with Gasteiger partial charge in [-0.2, -0.15) is 5.10 Å². The zero-order valence-corrected chi connectivity index (χ0v) is 12.5. The molecule has 4 rings (SSSR count). The molecule has 0 amide bonds. The Balaban J connectivity index is 1.62. The molecule has 112 valence electrons. The van der Waals surface area contributed by atoms with Crippen molar-refractivity contribution in [2.24, 2.45) is 0 Å². The molecule has 0 spiro atoms. The fourth-order valence-electron chi connectivity index (χ4n) is 2.94. The van der Waals surface area contributed by atoms with Gasteiger partial charge in [0.25, 0.3) is 0 Å². The van der Waals surface area contributed by atoms with Gasteiger partial charge in [0.15, 0.2) is 0 Å². The number of hydrogen-bond donors (Lipinski definition) is 1. The van der Waals surface area contributed by atoms with Crippen LogP contribution in [0.3, 0.4) is 0 Å². The van der Waals surface area contributed by atoms with Crippen molar-refractivity contribution in [1.29, 1.82) is 0 Å². The zero-order valence-electron chi connectivity index (χ0n) is 12.5. The molecule has 3 heterocycles. The number of ether oxygens (including phenoxy) is 1. The number of nitrogens with one attached hydrogen (secondary N) is 1. The number of rotatable bonds is 2. The molecular weight excluding hydrogens is 276 g/mol. The van der Waals surface area contributed by atoms with E-state index in [2.05, 4.69) is 50.4 Å². The first-order valence-electron chi connectivity index (χ1n) is 7.53. The van der Waals surface area contributed by atoms with Crippen molar-refractivity contribution in [1.82, 2.24) is 15.2 Å². The van der Waals surface area contributed by atoms with Crippen LogP contribution in [0.15, 0.2) is 42.6 Å². The largest absolute Gasteiger partial charge is 0.370 e. The normalized spacial score (nSPS) is 18.8. The molecular formula is C17H18N4O. The van der Waals surface area contributed by atoms with Gasteiger partial charge < -0.3 is 9.64 Å². The lowest BCUT2D eigenvalue weighted by atomic mass is 10.1. The maximum atomic E-state index is 5.92. The molecule has 0 bridgehead atoms. The molecule has 5 nitrogen and oxygen atoms in total. The molecule has 2 aromatic heterocycles. The van der Waals surface area contributed by atoms with Gasteiger partial charge in [0.05, 0.1) is 24.0 Å². The van der Waals surface area contributed by atoms with Gasteiger partial charge in [-0.1, -0.05) is 30.3 Å². The lowest BCUT2D eigenvalue weighted by Crippen LogP contribution is -2.38. The van der Waals surface area contributed by atoms with Crippen molar-refractivity contribution in [3.05, 3.63) is 53.9 Å². The summed E-state index contributed by atoms with van der Waals surface area (Å²) < 4.78 is 5.92. The molecule has 0 unspecified atom stereocenters. The predicted molar refractivity (Wildman–Crippen MR) is 86.0 cm³/mol. The Labute approximate surface area is 128 Å². The third kappa shape index (κ3) is 2.33. The second-order valence-electron chi connectivity index (χ2n) is 5.61. The van der Waals surface area contributed by atoms with Gasteiger partial charge in [0.1, 0.15) is 11.9 Å². The highest BCUT2D eigenvalue weighted by molar-refractivity contribution is 5.82. The summed E-state index contributed by atoms with van der Waals surface area (Å²) in [6, 6.07) is 12.5. The number of anilines is 1. The minimum absolute atomic E-state index is 0.0953. The molecule has 1 aliphatic heterocycles. The number of nitrogens with zero attached hydrogens (tertiary/aromatic N) is 3. The van der Waals surface area contributed by atoms with E-state index in [4.69, 9.17) is 4.74 Å². The molecule has 0 aliphatic carbocycles. The third-order valence-corrected chi connectivity index (χ3v) is 4.19. The maximum Gasteiger partial charge on any atom is 0.129 e. The highest BCUT2D eigenvalue weighted by Gasteiger charge is 2.23. The van der Waals surface area contributed by atoms with E-state index in [-0.39, 0.29) is 6.10 Å². The quantitative estimate of drug-likeness (QED) is 0.789. The number of benzene rings is 1. The number of aromatic nitrogens is 3. The van der Waals surface area contributed by atoms with E-state index >= 15 is 0 Å². The van der Waals surface area contributed by atoms with Gasteiger partial charge in [-0.05, 0) is 18.6 Å². The second kappa shape index (κ2) is 5.42. The van der Waals surface area contributed by atoms with Crippen LogP contribution in [-0.2, 0) is 4.74 Å². The van der Waals surface area contributed by atoms with E-state index in [0.29, 0.717) is 6.61 Å². The molecule has 0 radical (unpaired) electrons. The molecule has 0 saturated carbocycles. The van der Waals surface area contributed by atoms with E-state index in [9.17, 15) is 0 Å². The minimum atomic E-state index is 0.0953. The number of pyridine rings is 1. The van der Waals surface area contributed by atoms with Crippen LogP contribution >= 0.6 is 0 Å². The van der Waals surface area contributed by atoms with E-state index in [0.717, 1.165) is 35.5 Å². The molecule has 1 fully saturated rings. The Morgan fingerprint density at radius 1 is 1.27 bits per heavy atom. The third-order valence-electron chi connectivity index (χ3n) is 4.19. The first-order valence-corrected chi connectivity index (χ1v) is 7.53. The van der Waals surface area contributed by atoms with E-state index in [1.807, 2.05) is 19.2 Å². The molecule has 1 aromatic carbocycles. The van der Waals surface area contributed by atoms with Gasteiger partial charge in [0.2, 0.25) is 0 Å². The maximum absolute atomic E-state index is 5.92. The van der Waals surface area contributed by atoms with Gasteiger partial charge in [-0.25, -0.2) is 4.98 Å². The summed E-state index contributed by atoms with van der Waals surface area (Å²) in [5.74, 6) is 0.987. The van der Waals surface area contributed by atoms with Crippen molar-refractivity contribution >= 4 is 16.7 Å². The van der Waals surface area contributed by atoms with Crippen LogP contribution < -0.4 is 4.90 Å². The fourth-order valence-corrected chi connectivity index (χ4v) is 2.94. The monoisotopic (exact) mass is 294 g/mol. The van der Waals surface area contributed by atoms with Gasteiger partial charge in [-0.15, -0.1) is 0 Å². The van der Waals surface area contributed by atoms with Crippen LogP contribution in [0.2, 0.25) is 0 Å². The Morgan fingerprint density at radius 2 is 2.14 bits per heavy atom. The summed E-state index contributed by atoms with van der Waals surface area (Å²) in [5, 5.41) is 8.37.